The number of nitrogens with zero attached hydrogens (tertiary/aromatic N) is 2. The molecule has 0 amide bonds. The van der Waals surface area contributed by atoms with Gasteiger partial charge in [0.15, 0.2) is 0 Å². The number of quaternary nitrogens is 2. The van der Waals surface area contributed by atoms with E-state index in [1.165, 1.54) is 0 Å². The molecule has 0 bridgehead atoms. The van der Waals surface area contributed by atoms with E-state index in [4.69, 9.17) is 30.6 Å². The molecule has 2 aromatic carbocycles. The number of rotatable bonds is 0. The third kappa shape index (κ3) is 22.0. The van der Waals surface area contributed by atoms with Crippen molar-refractivity contribution in [2.75, 3.05) is 0 Å². The van der Waals surface area contributed by atoms with E-state index >= 15 is 0 Å². The minimum absolute atomic E-state index is 1.05. The highest BCUT2D eigenvalue weighted by atomic mass is 79.9. The van der Waals surface area contributed by atoms with Crippen molar-refractivity contribution in [3.8, 4) is 0 Å². The summed E-state index contributed by atoms with van der Waals surface area (Å²) < 4.78 is 2.20. The Bertz CT molecular complexity index is 504. The van der Waals surface area contributed by atoms with Crippen LogP contribution in [-0.2, 0) is 0 Å². The van der Waals surface area contributed by atoms with Crippen LogP contribution in [0.15, 0.2) is 57.5 Å². The predicted molar refractivity (Wildman–Crippen MR) is 94.1 cm³/mol. The Balaban J connectivity index is 0. The molecule has 10 nitrogen and oxygen atoms in total. The van der Waals surface area contributed by atoms with E-state index in [-0.39, 0.29) is 0 Å². The lowest BCUT2D eigenvalue weighted by Gasteiger charge is -1.85. The van der Waals surface area contributed by atoms with Crippen molar-refractivity contribution in [3.05, 3.63) is 88.1 Å². The van der Waals surface area contributed by atoms with Crippen LogP contribution in [0.2, 0.25) is 0 Å². The van der Waals surface area contributed by atoms with E-state index < -0.39 is 10.2 Å². The Hall–Kier alpha value is -2.28. The fourth-order valence-electron chi connectivity index (χ4n) is 0.969. The Morgan fingerprint density at radius 1 is 0.625 bits per heavy atom. The molecule has 0 unspecified atom stereocenters. The highest BCUT2D eigenvalue weighted by Gasteiger charge is 1.85. The second-order valence-electron chi connectivity index (χ2n) is 3.70. The summed E-state index contributed by atoms with van der Waals surface area (Å²) in [7, 11) is 0. The molecule has 0 atom stereocenters. The van der Waals surface area contributed by atoms with Crippen molar-refractivity contribution in [1.82, 2.24) is 0 Å². The van der Waals surface area contributed by atoms with Crippen molar-refractivity contribution in [2.24, 2.45) is 0 Å². The summed E-state index contributed by atoms with van der Waals surface area (Å²) >= 11 is 6.64. The van der Waals surface area contributed by atoms with Crippen LogP contribution in [0.1, 0.15) is 0 Å². The molecular formula is C12H14Br2N4O6. The van der Waals surface area contributed by atoms with Crippen LogP contribution in [0.4, 0.5) is 11.4 Å². The third-order valence-electron chi connectivity index (χ3n) is 1.83. The Morgan fingerprint density at radius 3 is 0.917 bits per heavy atom. The smallest absolute Gasteiger partial charge is 0.127 e. The molecule has 0 aliphatic heterocycles. The molecule has 24 heavy (non-hydrogen) atoms. The van der Waals surface area contributed by atoms with Crippen LogP contribution in [0.25, 0.3) is 0 Å². The van der Waals surface area contributed by atoms with E-state index in [1.54, 1.807) is 0 Å². The average molecular weight is 470 g/mol. The summed E-state index contributed by atoms with van der Waals surface area (Å²) in [5.41, 5.74) is 9.58. The number of hydrogen-bond donors (Lipinski definition) is 2. The topological polar surface area (TPSA) is 188 Å². The second kappa shape index (κ2) is 14.3. The molecule has 0 aromatic heterocycles. The molecule has 2 aromatic rings. The van der Waals surface area contributed by atoms with E-state index in [1.807, 2.05) is 48.5 Å². The van der Waals surface area contributed by atoms with Gasteiger partial charge in [-0.2, -0.15) is 0 Å². The van der Waals surface area contributed by atoms with E-state index in [0.29, 0.717) is 0 Å². The molecule has 12 heteroatoms. The Kier molecular flexibility index (Phi) is 14.3. The summed E-state index contributed by atoms with van der Waals surface area (Å²) in [6.45, 7) is 0. The van der Waals surface area contributed by atoms with Crippen LogP contribution in [0.5, 0.6) is 0 Å². The van der Waals surface area contributed by atoms with Gasteiger partial charge in [0.05, 0.1) is 10.2 Å². The first-order chi connectivity index (χ1) is 11.0. The quantitative estimate of drug-likeness (QED) is 0.438. The molecule has 6 N–H and O–H groups in total. The SMILES string of the molecule is O=[N+]([O-])[O-].O=[N+]([O-])[O-].[NH3+]c1ccc(Br)cc1.[NH3+]c1ccc(Br)cc1. The van der Waals surface area contributed by atoms with Gasteiger partial charge in [0.25, 0.3) is 0 Å². The van der Waals surface area contributed by atoms with Gasteiger partial charge in [-0.25, -0.2) is 0 Å². The second-order valence-corrected chi connectivity index (χ2v) is 5.53. The number of halogens is 2. The Labute approximate surface area is 153 Å². The highest BCUT2D eigenvalue weighted by Crippen LogP contribution is 2.10. The van der Waals surface area contributed by atoms with Gasteiger partial charge in [-0.05, 0) is 48.5 Å². The van der Waals surface area contributed by atoms with Crippen molar-refractivity contribution in [3.63, 3.8) is 0 Å². The van der Waals surface area contributed by atoms with Crippen molar-refractivity contribution >= 4 is 43.2 Å². The minimum Gasteiger partial charge on any atom is -0.356 e. The van der Waals surface area contributed by atoms with Gasteiger partial charge in [0.2, 0.25) is 0 Å². The first-order valence-electron chi connectivity index (χ1n) is 5.82. The third-order valence-corrected chi connectivity index (χ3v) is 2.88. The number of hydrogen-bond acceptors (Lipinski definition) is 6. The van der Waals surface area contributed by atoms with Crippen molar-refractivity contribution in [2.45, 2.75) is 0 Å². The zero-order valence-corrected chi connectivity index (χ0v) is 15.3. The van der Waals surface area contributed by atoms with Crippen LogP contribution in [0.3, 0.4) is 0 Å². The van der Waals surface area contributed by atoms with Crippen LogP contribution in [-0.4, -0.2) is 10.2 Å². The molecule has 0 radical (unpaired) electrons. The molecule has 0 spiro atoms. The first kappa shape index (κ1) is 24.0. The molecule has 0 aliphatic rings. The summed E-state index contributed by atoms with van der Waals surface area (Å²) in [6, 6.07) is 15.7. The van der Waals surface area contributed by atoms with E-state index in [2.05, 4.69) is 43.3 Å². The molecular weight excluding hydrogens is 456 g/mol. The molecule has 0 fully saturated rings. The van der Waals surface area contributed by atoms with Crippen molar-refractivity contribution in [1.29, 1.82) is 0 Å². The average Bonchev–Trinajstić information content (AvgIpc) is 2.45. The predicted octanol–water partition coefficient (Wildman–Crippen LogP) is 2.17. The van der Waals surface area contributed by atoms with Crippen molar-refractivity contribution < 1.29 is 21.6 Å². The number of benzene rings is 2. The molecule has 132 valence electrons. The molecule has 0 aliphatic carbocycles. The molecule has 0 saturated heterocycles. The van der Waals surface area contributed by atoms with Crippen LogP contribution >= 0.6 is 31.9 Å². The van der Waals surface area contributed by atoms with Gasteiger partial charge in [-0.15, -0.1) is 0 Å². The first-order valence-corrected chi connectivity index (χ1v) is 7.41. The van der Waals surface area contributed by atoms with Gasteiger partial charge >= 0.3 is 0 Å². The monoisotopic (exact) mass is 468 g/mol. The lowest BCUT2D eigenvalue weighted by Crippen LogP contribution is -2.39. The fourth-order valence-corrected chi connectivity index (χ4v) is 1.50. The lowest BCUT2D eigenvalue weighted by molar-refractivity contribution is -0.403. The van der Waals surface area contributed by atoms with Gasteiger partial charge < -0.3 is 42.1 Å². The van der Waals surface area contributed by atoms with Gasteiger partial charge in [0.1, 0.15) is 11.4 Å². The molecule has 2 rings (SSSR count). The minimum atomic E-state index is -1.75. The maximum Gasteiger partial charge on any atom is 0.127 e. The largest absolute Gasteiger partial charge is 0.356 e. The highest BCUT2D eigenvalue weighted by molar-refractivity contribution is 9.10. The molecule has 0 heterocycles. The van der Waals surface area contributed by atoms with Gasteiger partial charge in [-0.1, -0.05) is 31.9 Å². The summed E-state index contributed by atoms with van der Waals surface area (Å²) in [4.78, 5) is 16.5. The fraction of sp³-hybridized carbons (Fsp3) is 0. The maximum absolute atomic E-state index is 8.25. The van der Waals surface area contributed by atoms with E-state index in [0.717, 1.165) is 20.3 Å². The summed E-state index contributed by atoms with van der Waals surface area (Å²) in [6.07, 6.45) is 0. The normalized spacial score (nSPS) is 8.17. The lowest BCUT2D eigenvalue weighted by atomic mass is 10.3. The zero-order valence-electron chi connectivity index (χ0n) is 12.1. The van der Waals surface area contributed by atoms with Gasteiger partial charge in [0, 0.05) is 8.95 Å². The standard InChI is InChI=1S/2C6H6BrN.2NO3/c2*7-5-1-3-6(8)4-2-5;2*2-1(3)4/h2*1-4H,8H2;;/q;;2*-1/p+2. The summed E-state index contributed by atoms with van der Waals surface area (Å²) in [5.74, 6) is 0. The zero-order chi connectivity index (χ0) is 19.1. The van der Waals surface area contributed by atoms with Gasteiger partial charge in [-0.3, -0.25) is 0 Å². The van der Waals surface area contributed by atoms with E-state index in [9.17, 15) is 0 Å². The summed E-state index contributed by atoms with van der Waals surface area (Å²) in [5, 5.41) is 29.5. The molecule has 0 saturated carbocycles. The Morgan fingerprint density at radius 2 is 0.792 bits per heavy atom. The van der Waals surface area contributed by atoms with Crippen LogP contribution < -0.4 is 11.5 Å². The van der Waals surface area contributed by atoms with Crippen LogP contribution in [0, 0.1) is 30.6 Å². The maximum atomic E-state index is 8.25.